The second-order valence-corrected chi connectivity index (χ2v) is 3.86. The summed E-state index contributed by atoms with van der Waals surface area (Å²) in [6, 6.07) is 0.0454. The van der Waals surface area contributed by atoms with Crippen LogP contribution in [0.15, 0.2) is 0 Å². The SMILES string of the molecule is COCC(C)NC(=O)CNN1CCOCC1. The molecule has 1 saturated heterocycles. The van der Waals surface area contributed by atoms with Gasteiger partial charge in [-0.25, -0.2) is 10.4 Å². The average Bonchev–Trinajstić information content (AvgIpc) is 2.28. The maximum atomic E-state index is 11.5. The van der Waals surface area contributed by atoms with Crippen LogP contribution in [-0.4, -0.2) is 63.5 Å². The molecule has 0 spiro atoms. The van der Waals surface area contributed by atoms with E-state index in [2.05, 4.69) is 10.7 Å². The fraction of sp³-hybridized carbons (Fsp3) is 0.900. The Morgan fingerprint density at radius 1 is 1.50 bits per heavy atom. The van der Waals surface area contributed by atoms with Gasteiger partial charge in [0.25, 0.3) is 0 Å². The predicted molar refractivity (Wildman–Crippen MR) is 59.9 cm³/mol. The first kappa shape index (κ1) is 13.4. The molecule has 1 rings (SSSR count). The number of nitrogens with zero attached hydrogens (tertiary/aromatic N) is 1. The lowest BCUT2D eigenvalue weighted by Crippen LogP contribution is -2.50. The highest BCUT2D eigenvalue weighted by Gasteiger charge is 2.12. The van der Waals surface area contributed by atoms with Gasteiger partial charge in [-0.15, -0.1) is 0 Å². The molecule has 1 heterocycles. The Balaban J connectivity index is 2.09. The molecule has 1 aliphatic heterocycles. The number of carbonyl (C=O) groups excluding carboxylic acids is 1. The van der Waals surface area contributed by atoms with Crippen LogP contribution in [0.25, 0.3) is 0 Å². The minimum absolute atomic E-state index is 0.0176. The van der Waals surface area contributed by atoms with Crippen LogP contribution in [0.1, 0.15) is 6.92 Å². The summed E-state index contributed by atoms with van der Waals surface area (Å²) in [6.45, 7) is 5.82. The van der Waals surface area contributed by atoms with Crippen LogP contribution >= 0.6 is 0 Å². The summed E-state index contributed by atoms with van der Waals surface area (Å²) in [5.41, 5.74) is 3.07. The second-order valence-electron chi connectivity index (χ2n) is 3.86. The van der Waals surface area contributed by atoms with Crippen molar-refractivity contribution >= 4 is 5.91 Å². The number of carbonyl (C=O) groups is 1. The van der Waals surface area contributed by atoms with Gasteiger partial charge in [-0.3, -0.25) is 4.79 Å². The maximum Gasteiger partial charge on any atom is 0.235 e. The van der Waals surface area contributed by atoms with Gasteiger partial charge >= 0.3 is 0 Å². The Bertz CT molecular complexity index is 207. The zero-order valence-corrected chi connectivity index (χ0v) is 9.99. The van der Waals surface area contributed by atoms with Gasteiger partial charge in [0.2, 0.25) is 5.91 Å². The summed E-state index contributed by atoms with van der Waals surface area (Å²) in [7, 11) is 1.62. The van der Waals surface area contributed by atoms with Gasteiger partial charge in [-0.05, 0) is 6.92 Å². The van der Waals surface area contributed by atoms with Gasteiger partial charge < -0.3 is 14.8 Å². The lowest BCUT2D eigenvalue weighted by molar-refractivity contribution is -0.122. The zero-order chi connectivity index (χ0) is 11.8. The Morgan fingerprint density at radius 3 is 2.81 bits per heavy atom. The first-order valence-electron chi connectivity index (χ1n) is 5.57. The standard InChI is InChI=1S/C10H21N3O3/c1-9(8-15-2)12-10(14)7-11-13-3-5-16-6-4-13/h9,11H,3-8H2,1-2H3,(H,12,14). The van der Waals surface area contributed by atoms with Crippen LogP contribution in [0.3, 0.4) is 0 Å². The van der Waals surface area contributed by atoms with Crippen molar-refractivity contribution in [3.8, 4) is 0 Å². The van der Waals surface area contributed by atoms with Crippen molar-refractivity contribution in [1.29, 1.82) is 0 Å². The van der Waals surface area contributed by atoms with E-state index in [1.165, 1.54) is 0 Å². The largest absolute Gasteiger partial charge is 0.383 e. The molecule has 1 amide bonds. The summed E-state index contributed by atoms with van der Waals surface area (Å²) in [6.07, 6.45) is 0. The third kappa shape index (κ3) is 5.41. The van der Waals surface area contributed by atoms with Gasteiger partial charge in [0.05, 0.1) is 26.4 Å². The fourth-order valence-corrected chi connectivity index (χ4v) is 1.52. The Hall–Kier alpha value is -0.690. The molecule has 0 bridgehead atoms. The smallest absolute Gasteiger partial charge is 0.235 e. The van der Waals surface area contributed by atoms with Crippen LogP contribution in [0.5, 0.6) is 0 Å². The molecule has 0 aromatic heterocycles. The minimum atomic E-state index is -0.0176. The molecule has 6 nitrogen and oxygen atoms in total. The lowest BCUT2D eigenvalue weighted by atomic mass is 10.3. The molecular formula is C10H21N3O3. The zero-order valence-electron chi connectivity index (χ0n) is 9.99. The Kier molecular flexibility index (Phi) is 6.32. The van der Waals surface area contributed by atoms with E-state index in [4.69, 9.17) is 9.47 Å². The molecule has 1 atom stereocenters. The Labute approximate surface area is 96.2 Å². The average molecular weight is 231 g/mol. The monoisotopic (exact) mass is 231 g/mol. The molecule has 6 heteroatoms. The molecule has 1 fully saturated rings. The molecule has 0 saturated carbocycles. The van der Waals surface area contributed by atoms with Crippen molar-refractivity contribution in [2.24, 2.45) is 0 Å². The predicted octanol–water partition coefficient (Wildman–Crippen LogP) is -1.03. The number of hydrogen-bond donors (Lipinski definition) is 2. The molecule has 16 heavy (non-hydrogen) atoms. The third-order valence-electron chi connectivity index (χ3n) is 2.30. The van der Waals surface area contributed by atoms with E-state index < -0.39 is 0 Å². The van der Waals surface area contributed by atoms with Crippen molar-refractivity contribution in [3.05, 3.63) is 0 Å². The first-order valence-corrected chi connectivity index (χ1v) is 5.57. The third-order valence-corrected chi connectivity index (χ3v) is 2.30. The highest BCUT2D eigenvalue weighted by Crippen LogP contribution is 1.91. The summed E-state index contributed by atoms with van der Waals surface area (Å²) in [5.74, 6) is -0.0176. The highest BCUT2D eigenvalue weighted by atomic mass is 16.5. The van der Waals surface area contributed by atoms with Crippen molar-refractivity contribution in [2.45, 2.75) is 13.0 Å². The van der Waals surface area contributed by atoms with Gasteiger partial charge in [0, 0.05) is 26.2 Å². The number of hydrogen-bond acceptors (Lipinski definition) is 5. The van der Waals surface area contributed by atoms with E-state index in [0.29, 0.717) is 26.4 Å². The fourth-order valence-electron chi connectivity index (χ4n) is 1.52. The van der Waals surface area contributed by atoms with Crippen LogP contribution in [0.2, 0.25) is 0 Å². The number of methoxy groups -OCH3 is 1. The van der Waals surface area contributed by atoms with Crippen molar-refractivity contribution in [1.82, 2.24) is 15.8 Å². The van der Waals surface area contributed by atoms with Crippen LogP contribution in [0, 0.1) is 0 Å². The summed E-state index contributed by atoms with van der Waals surface area (Å²) >= 11 is 0. The van der Waals surface area contributed by atoms with Crippen LogP contribution < -0.4 is 10.7 Å². The Morgan fingerprint density at radius 2 is 2.19 bits per heavy atom. The van der Waals surface area contributed by atoms with Gasteiger partial charge in [0.1, 0.15) is 0 Å². The molecule has 1 aliphatic rings. The molecule has 2 N–H and O–H groups in total. The van der Waals surface area contributed by atoms with Crippen LogP contribution in [-0.2, 0) is 14.3 Å². The molecule has 0 aromatic carbocycles. The van der Waals surface area contributed by atoms with E-state index in [-0.39, 0.29) is 11.9 Å². The van der Waals surface area contributed by atoms with Gasteiger partial charge in [-0.1, -0.05) is 0 Å². The number of rotatable bonds is 6. The number of ether oxygens (including phenoxy) is 2. The summed E-state index contributed by atoms with van der Waals surface area (Å²) < 4.78 is 10.1. The first-order chi connectivity index (χ1) is 7.72. The summed E-state index contributed by atoms with van der Waals surface area (Å²) in [5, 5.41) is 4.84. The van der Waals surface area contributed by atoms with Crippen molar-refractivity contribution in [2.75, 3.05) is 46.6 Å². The second kappa shape index (κ2) is 7.56. The molecule has 94 valence electrons. The molecule has 0 aliphatic carbocycles. The number of nitrogens with one attached hydrogen (secondary N) is 2. The molecule has 0 radical (unpaired) electrons. The van der Waals surface area contributed by atoms with E-state index >= 15 is 0 Å². The van der Waals surface area contributed by atoms with Crippen LogP contribution in [0.4, 0.5) is 0 Å². The van der Waals surface area contributed by atoms with E-state index in [1.54, 1.807) is 7.11 Å². The van der Waals surface area contributed by atoms with Gasteiger partial charge in [-0.2, -0.15) is 0 Å². The normalized spacial score (nSPS) is 19.4. The molecule has 0 aromatic rings. The number of hydrazine groups is 1. The number of morpholine rings is 1. The highest BCUT2D eigenvalue weighted by molar-refractivity contribution is 5.78. The van der Waals surface area contributed by atoms with E-state index in [1.807, 2.05) is 11.9 Å². The van der Waals surface area contributed by atoms with E-state index in [0.717, 1.165) is 13.1 Å². The maximum absolute atomic E-state index is 11.5. The minimum Gasteiger partial charge on any atom is -0.383 e. The van der Waals surface area contributed by atoms with Crippen molar-refractivity contribution < 1.29 is 14.3 Å². The van der Waals surface area contributed by atoms with Crippen molar-refractivity contribution in [3.63, 3.8) is 0 Å². The number of amides is 1. The topological polar surface area (TPSA) is 62.8 Å². The molecule has 1 unspecified atom stereocenters. The lowest BCUT2D eigenvalue weighted by Gasteiger charge is -2.27. The quantitative estimate of drug-likeness (QED) is 0.612. The van der Waals surface area contributed by atoms with E-state index in [9.17, 15) is 4.79 Å². The van der Waals surface area contributed by atoms with Gasteiger partial charge in [0.15, 0.2) is 0 Å². The molecular weight excluding hydrogens is 210 g/mol. The summed E-state index contributed by atoms with van der Waals surface area (Å²) in [4.78, 5) is 11.5.